The molecule has 0 aromatic carbocycles. The molecule has 1 aromatic rings. The first-order valence-electron chi connectivity index (χ1n) is 6.50. The van der Waals surface area contributed by atoms with Crippen LogP contribution in [0.15, 0.2) is 0 Å². The van der Waals surface area contributed by atoms with Gasteiger partial charge in [-0.25, -0.2) is 4.98 Å². The van der Waals surface area contributed by atoms with E-state index in [-0.39, 0.29) is 5.91 Å². The highest BCUT2D eigenvalue weighted by molar-refractivity contribution is 7.18. The molecule has 0 bridgehead atoms. The van der Waals surface area contributed by atoms with Gasteiger partial charge in [0.15, 0.2) is 5.13 Å². The molecular weight excluding hydrogens is 262 g/mol. The second-order valence-electron chi connectivity index (χ2n) is 4.34. The minimum absolute atomic E-state index is 0.0596. The van der Waals surface area contributed by atoms with E-state index in [4.69, 9.17) is 5.73 Å². The zero-order valence-electron chi connectivity index (χ0n) is 11.8. The standard InChI is InChI=1S/C12H23N5OS/c1-4-6-15-12-16-10(13)9(19-12)11(18)17(3)8-5-7-14-2/h14H,4-8,13H2,1-3H3,(H,15,16). The van der Waals surface area contributed by atoms with Crippen LogP contribution in [0.2, 0.25) is 0 Å². The number of nitrogens with one attached hydrogen (secondary N) is 2. The van der Waals surface area contributed by atoms with Crippen LogP contribution in [0.3, 0.4) is 0 Å². The van der Waals surface area contributed by atoms with Gasteiger partial charge >= 0.3 is 0 Å². The molecule has 0 saturated heterocycles. The molecule has 0 aliphatic carbocycles. The number of nitrogen functional groups attached to an aromatic ring is 1. The van der Waals surface area contributed by atoms with Crippen molar-refractivity contribution >= 4 is 28.2 Å². The number of hydrogen-bond donors (Lipinski definition) is 3. The number of aromatic nitrogens is 1. The largest absolute Gasteiger partial charge is 0.382 e. The van der Waals surface area contributed by atoms with Gasteiger partial charge < -0.3 is 21.3 Å². The number of carbonyl (C=O) groups is 1. The van der Waals surface area contributed by atoms with Crippen LogP contribution in [0.5, 0.6) is 0 Å². The van der Waals surface area contributed by atoms with Crippen LogP contribution < -0.4 is 16.4 Å². The summed E-state index contributed by atoms with van der Waals surface area (Å²) in [4.78, 5) is 18.6. The Morgan fingerprint density at radius 2 is 2.21 bits per heavy atom. The van der Waals surface area contributed by atoms with Gasteiger partial charge in [-0.1, -0.05) is 18.3 Å². The molecule has 0 saturated carbocycles. The van der Waals surface area contributed by atoms with Crippen molar-refractivity contribution in [3.8, 4) is 0 Å². The van der Waals surface area contributed by atoms with Crippen molar-refractivity contribution in [1.29, 1.82) is 0 Å². The van der Waals surface area contributed by atoms with Gasteiger partial charge in [-0.3, -0.25) is 4.79 Å². The Balaban J connectivity index is 2.62. The van der Waals surface area contributed by atoms with Crippen LogP contribution in [-0.4, -0.2) is 49.5 Å². The molecule has 1 heterocycles. The Bertz CT molecular complexity index is 407. The van der Waals surface area contributed by atoms with E-state index in [1.807, 2.05) is 7.05 Å². The SMILES string of the molecule is CCCNc1nc(N)c(C(=O)N(C)CCCNC)s1. The van der Waals surface area contributed by atoms with E-state index in [1.165, 1.54) is 11.3 Å². The van der Waals surface area contributed by atoms with Gasteiger partial charge in [0.2, 0.25) is 0 Å². The fourth-order valence-electron chi connectivity index (χ4n) is 1.56. The molecule has 7 heteroatoms. The number of thiazole rings is 1. The van der Waals surface area contributed by atoms with E-state index in [0.29, 0.717) is 22.4 Å². The fraction of sp³-hybridized carbons (Fsp3) is 0.667. The van der Waals surface area contributed by atoms with Crippen LogP contribution in [0.4, 0.5) is 10.9 Å². The minimum Gasteiger partial charge on any atom is -0.382 e. The summed E-state index contributed by atoms with van der Waals surface area (Å²) >= 11 is 1.32. The van der Waals surface area contributed by atoms with E-state index < -0.39 is 0 Å². The molecule has 0 atom stereocenters. The molecule has 0 aliphatic heterocycles. The molecule has 0 radical (unpaired) electrons. The Kier molecular flexibility index (Phi) is 6.58. The zero-order chi connectivity index (χ0) is 14.3. The second kappa shape index (κ2) is 7.96. The number of rotatable bonds is 8. The first kappa shape index (κ1) is 15.7. The Morgan fingerprint density at radius 3 is 2.84 bits per heavy atom. The molecule has 4 N–H and O–H groups in total. The first-order valence-corrected chi connectivity index (χ1v) is 7.32. The van der Waals surface area contributed by atoms with Gasteiger partial charge in [-0.15, -0.1) is 0 Å². The number of hydrogen-bond acceptors (Lipinski definition) is 6. The molecule has 0 unspecified atom stereocenters. The fourth-order valence-corrected chi connectivity index (χ4v) is 2.47. The van der Waals surface area contributed by atoms with E-state index in [1.54, 1.807) is 11.9 Å². The number of nitrogens with two attached hydrogens (primary N) is 1. The van der Waals surface area contributed by atoms with E-state index in [9.17, 15) is 4.79 Å². The lowest BCUT2D eigenvalue weighted by atomic mass is 10.3. The maximum atomic E-state index is 12.2. The van der Waals surface area contributed by atoms with E-state index >= 15 is 0 Å². The van der Waals surface area contributed by atoms with Crippen LogP contribution in [0.25, 0.3) is 0 Å². The van der Waals surface area contributed by atoms with Gasteiger partial charge in [0.25, 0.3) is 5.91 Å². The lowest BCUT2D eigenvalue weighted by Gasteiger charge is -2.15. The third-order valence-electron chi connectivity index (χ3n) is 2.64. The summed E-state index contributed by atoms with van der Waals surface area (Å²) in [5.74, 6) is 0.254. The maximum absolute atomic E-state index is 12.2. The average molecular weight is 285 g/mol. The van der Waals surface area contributed by atoms with Crippen molar-refractivity contribution in [2.24, 2.45) is 0 Å². The summed E-state index contributed by atoms with van der Waals surface area (Å²) in [6.07, 6.45) is 1.92. The highest BCUT2D eigenvalue weighted by Crippen LogP contribution is 2.26. The molecule has 0 fully saturated rings. The lowest BCUT2D eigenvalue weighted by molar-refractivity contribution is 0.0799. The predicted molar refractivity (Wildman–Crippen MR) is 80.8 cm³/mol. The van der Waals surface area contributed by atoms with Crippen LogP contribution in [0.1, 0.15) is 29.4 Å². The Hall–Kier alpha value is -1.34. The monoisotopic (exact) mass is 285 g/mol. The minimum atomic E-state index is -0.0596. The van der Waals surface area contributed by atoms with Crippen LogP contribution >= 0.6 is 11.3 Å². The third-order valence-corrected chi connectivity index (χ3v) is 3.66. The van der Waals surface area contributed by atoms with Gasteiger partial charge in [0, 0.05) is 20.1 Å². The van der Waals surface area contributed by atoms with E-state index in [0.717, 1.165) is 25.9 Å². The number of carbonyl (C=O) groups excluding carboxylic acids is 1. The van der Waals surface area contributed by atoms with Crippen LogP contribution in [-0.2, 0) is 0 Å². The molecule has 108 valence electrons. The van der Waals surface area contributed by atoms with E-state index in [2.05, 4.69) is 22.5 Å². The molecule has 1 rings (SSSR count). The van der Waals surface area contributed by atoms with Crippen molar-refractivity contribution in [3.05, 3.63) is 4.88 Å². The molecule has 0 aliphatic rings. The summed E-state index contributed by atoms with van der Waals surface area (Å²) in [7, 11) is 3.69. The predicted octanol–water partition coefficient (Wildman–Crippen LogP) is 1.23. The van der Waals surface area contributed by atoms with Gasteiger partial charge in [-0.05, 0) is 26.4 Å². The van der Waals surface area contributed by atoms with Gasteiger partial charge in [-0.2, -0.15) is 0 Å². The topological polar surface area (TPSA) is 83.3 Å². The summed E-state index contributed by atoms with van der Waals surface area (Å²) in [6.45, 7) is 4.50. The van der Waals surface area contributed by atoms with Crippen molar-refractivity contribution in [2.75, 3.05) is 44.8 Å². The Labute approximate surface area is 118 Å². The molecule has 19 heavy (non-hydrogen) atoms. The van der Waals surface area contributed by atoms with Gasteiger partial charge in [0.05, 0.1) is 0 Å². The summed E-state index contributed by atoms with van der Waals surface area (Å²) in [5, 5.41) is 6.92. The quantitative estimate of drug-likeness (QED) is 0.626. The lowest BCUT2D eigenvalue weighted by Crippen LogP contribution is -2.29. The van der Waals surface area contributed by atoms with Crippen molar-refractivity contribution in [2.45, 2.75) is 19.8 Å². The van der Waals surface area contributed by atoms with Crippen LogP contribution in [0, 0.1) is 0 Å². The van der Waals surface area contributed by atoms with Crippen molar-refractivity contribution in [1.82, 2.24) is 15.2 Å². The molecule has 1 aromatic heterocycles. The third kappa shape index (κ3) is 4.68. The number of nitrogens with zero attached hydrogens (tertiary/aromatic N) is 2. The normalized spacial score (nSPS) is 10.5. The average Bonchev–Trinajstić information content (AvgIpc) is 2.76. The van der Waals surface area contributed by atoms with Crippen molar-refractivity contribution < 1.29 is 4.79 Å². The maximum Gasteiger partial charge on any atom is 0.267 e. The highest BCUT2D eigenvalue weighted by Gasteiger charge is 2.19. The highest BCUT2D eigenvalue weighted by atomic mass is 32.1. The zero-order valence-corrected chi connectivity index (χ0v) is 12.6. The van der Waals surface area contributed by atoms with Crippen molar-refractivity contribution in [3.63, 3.8) is 0 Å². The molecule has 0 spiro atoms. The summed E-state index contributed by atoms with van der Waals surface area (Å²) in [5.41, 5.74) is 5.81. The number of amides is 1. The second-order valence-corrected chi connectivity index (χ2v) is 5.34. The number of anilines is 2. The van der Waals surface area contributed by atoms with Gasteiger partial charge in [0.1, 0.15) is 10.7 Å². The summed E-state index contributed by atoms with van der Waals surface area (Å²) in [6, 6.07) is 0. The molecular formula is C12H23N5OS. The molecule has 1 amide bonds. The smallest absolute Gasteiger partial charge is 0.267 e. The molecule has 6 nitrogen and oxygen atoms in total. The first-order chi connectivity index (χ1) is 9.10. The summed E-state index contributed by atoms with van der Waals surface area (Å²) < 4.78 is 0. The Morgan fingerprint density at radius 1 is 1.47 bits per heavy atom.